The number of anilines is 3. The lowest BCUT2D eigenvalue weighted by molar-refractivity contribution is 0.0695. The molecule has 0 amide bonds. The molecule has 0 radical (unpaired) electrons. The predicted octanol–water partition coefficient (Wildman–Crippen LogP) is 3.03. The molecule has 5 rings (SSSR count). The maximum atomic E-state index is 8.88. The standard InChI is InChI=1S/C24H28N8O4/c1-16-13-22(30-29-16)26-21-15-23(35-12-11-34-10-9-33)28-24(27-21)32-8-4-6-19(32)20-14-18(31-36-20)17-5-2-3-7-25-17/h2-3,5,7,13-15,19,33H,4,6,8-12H2,1H3,(H2,26,27,28,29,30)/t19-/m0/s1. The summed E-state index contributed by atoms with van der Waals surface area (Å²) in [5.74, 6) is 2.84. The molecule has 12 heteroatoms. The van der Waals surface area contributed by atoms with Gasteiger partial charge in [-0.3, -0.25) is 10.1 Å². The molecule has 3 N–H and O–H groups in total. The fourth-order valence-corrected chi connectivity index (χ4v) is 4.05. The van der Waals surface area contributed by atoms with Crippen LogP contribution in [0.4, 0.5) is 17.6 Å². The monoisotopic (exact) mass is 492 g/mol. The van der Waals surface area contributed by atoms with Gasteiger partial charge >= 0.3 is 0 Å². The zero-order chi connectivity index (χ0) is 24.7. The minimum atomic E-state index is -0.0708. The van der Waals surface area contributed by atoms with Crippen LogP contribution in [0.3, 0.4) is 0 Å². The van der Waals surface area contributed by atoms with Crippen molar-refractivity contribution in [3.05, 3.63) is 54.0 Å². The molecule has 1 aliphatic heterocycles. The number of pyridine rings is 1. The highest BCUT2D eigenvalue weighted by Gasteiger charge is 2.32. The normalized spacial score (nSPS) is 15.4. The Bertz CT molecular complexity index is 1260. The molecule has 0 bridgehead atoms. The maximum Gasteiger partial charge on any atom is 0.231 e. The molecule has 5 heterocycles. The third kappa shape index (κ3) is 5.61. The molecule has 0 unspecified atom stereocenters. The second-order valence-electron chi connectivity index (χ2n) is 8.32. The Morgan fingerprint density at radius 1 is 1.14 bits per heavy atom. The van der Waals surface area contributed by atoms with E-state index in [1.165, 1.54) is 0 Å². The zero-order valence-corrected chi connectivity index (χ0v) is 19.9. The largest absolute Gasteiger partial charge is 0.475 e. The van der Waals surface area contributed by atoms with Crippen LogP contribution in [-0.4, -0.2) is 68.4 Å². The van der Waals surface area contributed by atoms with Crippen LogP contribution in [0.25, 0.3) is 11.4 Å². The fourth-order valence-electron chi connectivity index (χ4n) is 4.05. The first kappa shape index (κ1) is 23.7. The quantitative estimate of drug-likeness (QED) is 0.265. The first-order valence-electron chi connectivity index (χ1n) is 11.8. The highest BCUT2D eigenvalue weighted by molar-refractivity contribution is 5.57. The number of nitrogens with zero attached hydrogens (tertiary/aromatic N) is 6. The molecule has 12 nitrogen and oxygen atoms in total. The number of H-pyrrole nitrogens is 1. The summed E-state index contributed by atoms with van der Waals surface area (Å²) in [6.45, 7) is 3.54. The van der Waals surface area contributed by atoms with Gasteiger partial charge in [0, 0.05) is 36.6 Å². The van der Waals surface area contributed by atoms with E-state index >= 15 is 0 Å². The van der Waals surface area contributed by atoms with Gasteiger partial charge in [0.05, 0.1) is 31.6 Å². The lowest BCUT2D eigenvalue weighted by Crippen LogP contribution is -2.25. The summed E-state index contributed by atoms with van der Waals surface area (Å²) >= 11 is 0. The average Bonchev–Trinajstić information content (AvgIpc) is 3.65. The molecule has 0 aromatic carbocycles. The molecule has 1 atom stereocenters. The van der Waals surface area contributed by atoms with Crippen molar-refractivity contribution in [3.63, 3.8) is 0 Å². The van der Waals surface area contributed by atoms with Crippen LogP contribution in [0.2, 0.25) is 0 Å². The number of ether oxygens (including phenoxy) is 2. The average molecular weight is 493 g/mol. The maximum absolute atomic E-state index is 8.88. The Morgan fingerprint density at radius 2 is 2.08 bits per heavy atom. The molecular formula is C24H28N8O4. The van der Waals surface area contributed by atoms with Gasteiger partial charge in [-0.1, -0.05) is 11.2 Å². The Balaban J connectivity index is 1.39. The number of aliphatic hydroxyl groups excluding tert-OH is 1. The van der Waals surface area contributed by atoms with E-state index in [9.17, 15) is 0 Å². The molecule has 36 heavy (non-hydrogen) atoms. The summed E-state index contributed by atoms with van der Waals surface area (Å²) < 4.78 is 16.9. The van der Waals surface area contributed by atoms with Crippen LogP contribution in [-0.2, 0) is 4.74 Å². The van der Waals surface area contributed by atoms with Gasteiger partial charge in [-0.2, -0.15) is 15.1 Å². The van der Waals surface area contributed by atoms with E-state index in [1.807, 2.05) is 37.3 Å². The van der Waals surface area contributed by atoms with Crippen molar-refractivity contribution in [2.45, 2.75) is 25.8 Å². The third-order valence-corrected chi connectivity index (χ3v) is 5.66. The van der Waals surface area contributed by atoms with Crippen molar-refractivity contribution < 1.29 is 19.1 Å². The number of hydrogen-bond acceptors (Lipinski definition) is 11. The van der Waals surface area contributed by atoms with E-state index < -0.39 is 0 Å². The molecule has 4 aromatic heterocycles. The molecule has 188 valence electrons. The topological polar surface area (TPSA) is 147 Å². The van der Waals surface area contributed by atoms with Crippen molar-refractivity contribution in [3.8, 4) is 17.3 Å². The SMILES string of the molecule is Cc1cc(Nc2cc(OCCOCCO)nc(N3CCC[C@H]3c3cc(-c4ccccn4)no3)n2)n[nH]1. The first-order chi connectivity index (χ1) is 17.7. The second kappa shape index (κ2) is 11.1. The molecule has 1 saturated heterocycles. The van der Waals surface area contributed by atoms with E-state index in [2.05, 4.69) is 35.5 Å². The predicted molar refractivity (Wildman–Crippen MR) is 131 cm³/mol. The van der Waals surface area contributed by atoms with Crippen molar-refractivity contribution in [1.29, 1.82) is 0 Å². The second-order valence-corrected chi connectivity index (χ2v) is 8.32. The molecular weight excluding hydrogens is 464 g/mol. The Kier molecular flexibility index (Phi) is 7.33. The van der Waals surface area contributed by atoms with Gasteiger partial charge in [-0.15, -0.1) is 0 Å². The van der Waals surface area contributed by atoms with Gasteiger partial charge in [0.15, 0.2) is 11.6 Å². The van der Waals surface area contributed by atoms with Crippen LogP contribution in [0.5, 0.6) is 5.88 Å². The summed E-state index contributed by atoms with van der Waals surface area (Å²) in [5.41, 5.74) is 2.38. The van der Waals surface area contributed by atoms with Gasteiger partial charge in [-0.25, -0.2) is 0 Å². The molecule has 0 spiro atoms. The highest BCUT2D eigenvalue weighted by atomic mass is 16.5. The first-order valence-corrected chi connectivity index (χ1v) is 11.8. The molecule has 1 fully saturated rings. The Labute approximate surface area is 207 Å². The number of rotatable bonds is 11. The molecule has 1 aliphatic rings. The van der Waals surface area contributed by atoms with E-state index in [1.54, 1.807) is 12.3 Å². The fraction of sp³-hybridized carbons (Fsp3) is 0.375. The smallest absolute Gasteiger partial charge is 0.231 e. The minimum Gasteiger partial charge on any atom is -0.475 e. The number of aliphatic hydroxyl groups is 1. The summed E-state index contributed by atoms with van der Waals surface area (Å²) in [4.78, 5) is 15.9. The number of hydrogen-bond donors (Lipinski definition) is 3. The lowest BCUT2D eigenvalue weighted by atomic mass is 10.1. The van der Waals surface area contributed by atoms with Gasteiger partial charge < -0.3 is 29.3 Å². The van der Waals surface area contributed by atoms with Gasteiger partial charge in [0.1, 0.15) is 18.1 Å². The number of aromatic amines is 1. The third-order valence-electron chi connectivity index (χ3n) is 5.66. The van der Waals surface area contributed by atoms with Gasteiger partial charge in [-0.05, 0) is 31.9 Å². The van der Waals surface area contributed by atoms with Crippen molar-refractivity contribution in [2.75, 3.05) is 43.2 Å². The summed E-state index contributed by atoms with van der Waals surface area (Å²) in [7, 11) is 0. The van der Waals surface area contributed by atoms with Crippen molar-refractivity contribution in [2.24, 2.45) is 0 Å². The van der Waals surface area contributed by atoms with E-state index in [0.29, 0.717) is 35.8 Å². The summed E-state index contributed by atoms with van der Waals surface area (Å²) in [6, 6.07) is 11.1. The van der Waals surface area contributed by atoms with Crippen LogP contribution in [0.15, 0.2) is 47.1 Å². The van der Waals surface area contributed by atoms with Crippen LogP contribution in [0, 0.1) is 6.92 Å². The van der Waals surface area contributed by atoms with Crippen LogP contribution >= 0.6 is 0 Å². The zero-order valence-electron chi connectivity index (χ0n) is 19.9. The Hall–Kier alpha value is -4.03. The number of aromatic nitrogens is 6. The van der Waals surface area contributed by atoms with E-state index in [-0.39, 0.29) is 25.9 Å². The molecule has 0 aliphatic carbocycles. The lowest BCUT2D eigenvalue weighted by Gasteiger charge is -2.23. The minimum absolute atomic E-state index is 0.0329. The molecule has 0 saturated carbocycles. The Morgan fingerprint density at radius 3 is 2.89 bits per heavy atom. The van der Waals surface area contributed by atoms with E-state index in [0.717, 1.165) is 36.5 Å². The summed E-state index contributed by atoms with van der Waals surface area (Å²) in [6.07, 6.45) is 3.56. The molecule has 4 aromatic rings. The van der Waals surface area contributed by atoms with E-state index in [4.69, 9.17) is 24.1 Å². The van der Waals surface area contributed by atoms with Gasteiger partial charge in [0.25, 0.3) is 0 Å². The van der Waals surface area contributed by atoms with Crippen LogP contribution < -0.4 is 15.0 Å². The van der Waals surface area contributed by atoms with Gasteiger partial charge in [0.2, 0.25) is 11.8 Å². The summed E-state index contributed by atoms with van der Waals surface area (Å²) in [5, 5.41) is 23.5. The number of nitrogens with one attached hydrogen (secondary N) is 2. The van der Waals surface area contributed by atoms with Crippen LogP contribution in [0.1, 0.15) is 30.3 Å². The van der Waals surface area contributed by atoms with Crippen molar-refractivity contribution >= 4 is 17.6 Å². The number of aryl methyl sites for hydroxylation is 1. The highest BCUT2D eigenvalue weighted by Crippen LogP contribution is 2.37. The van der Waals surface area contributed by atoms with Crippen molar-refractivity contribution in [1.82, 2.24) is 30.3 Å².